The summed E-state index contributed by atoms with van der Waals surface area (Å²) >= 11 is 5.89. The first-order valence-electron chi connectivity index (χ1n) is 10.5. The maximum absolute atomic E-state index is 11.2. The standard InChI is InChI=1S/C14H21Cl.C11H14N2O/c1-3-5-6-7-12(4-2)13-8-10-14(15)11-9-13;1-5-10(9(4)14)6-11-7(2)12-13-8(11)3/h8-12H,3-7H2,1-2H3;5-6,12H,2H2,1,3-4H3/b;10-5+,11-6+. The van der Waals surface area contributed by atoms with E-state index in [9.17, 15) is 4.79 Å². The van der Waals surface area contributed by atoms with Gasteiger partial charge in [0.05, 0.1) is 11.0 Å². The number of carbonyl (C=O) groups is 1. The summed E-state index contributed by atoms with van der Waals surface area (Å²) in [5, 5.41) is 9.25. The van der Waals surface area contributed by atoms with Crippen LogP contribution >= 0.6 is 11.6 Å². The van der Waals surface area contributed by atoms with Crippen molar-refractivity contribution in [1.29, 1.82) is 0 Å². The molecule has 2 rings (SSSR count). The molecule has 0 fully saturated rings. The Kier molecular flexibility index (Phi) is 11.3. The second-order valence-electron chi connectivity index (χ2n) is 7.30. The molecule has 2 aromatic rings. The Labute approximate surface area is 180 Å². The molecule has 1 aromatic carbocycles. The Balaban J connectivity index is 0.000000291. The van der Waals surface area contributed by atoms with Gasteiger partial charge in [0.15, 0.2) is 5.78 Å². The smallest absolute Gasteiger partial charge is 0.159 e. The van der Waals surface area contributed by atoms with Gasteiger partial charge in [0.1, 0.15) is 0 Å². The van der Waals surface area contributed by atoms with Crippen LogP contribution in [0, 0.1) is 6.92 Å². The zero-order valence-corrected chi connectivity index (χ0v) is 19.3. The highest BCUT2D eigenvalue weighted by molar-refractivity contribution is 6.30. The molecule has 0 bridgehead atoms. The van der Waals surface area contributed by atoms with Crippen molar-refractivity contribution in [3.63, 3.8) is 0 Å². The third-order valence-corrected chi connectivity index (χ3v) is 5.33. The molecule has 0 aliphatic carbocycles. The Morgan fingerprint density at radius 1 is 1.24 bits per heavy atom. The van der Waals surface area contributed by atoms with Crippen LogP contribution in [0.25, 0.3) is 12.7 Å². The number of ketones is 1. The van der Waals surface area contributed by atoms with E-state index < -0.39 is 0 Å². The van der Waals surface area contributed by atoms with E-state index in [1.165, 1.54) is 37.7 Å². The van der Waals surface area contributed by atoms with Crippen molar-refractivity contribution < 1.29 is 4.79 Å². The number of nitrogens with one attached hydrogen (secondary N) is 1. The number of carbonyl (C=O) groups excluding carboxylic acids is 1. The molecule has 29 heavy (non-hydrogen) atoms. The van der Waals surface area contributed by atoms with Crippen molar-refractivity contribution in [2.45, 2.75) is 72.6 Å². The summed E-state index contributed by atoms with van der Waals surface area (Å²) in [6.07, 6.45) is 10.1. The molecule has 1 aromatic heterocycles. The monoisotopic (exact) mass is 414 g/mol. The number of aromatic amines is 1. The van der Waals surface area contributed by atoms with E-state index in [4.69, 9.17) is 11.6 Å². The van der Waals surface area contributed by atoms with E-state index >= 15 is 0 Å². The van der Waals surface area contributed by atoms with Crippen molar-refractivity contribution in [3.05, 3.63) is 62.8 Å². The Morgan fingerprint density at radius 3 is 2.34 bits per heavy atom. The quantitative estimate of drug-likeness (QED) is 0.434. The summed E-state index contributed by atoms with van der Waals surface area (Å²) in [7, 11) is 0. The van der Waals surface area contributed by atoms with Crippen LogP contribution in [0.3, 0.4) is 0 Å². The third-order valence-electron chi connectivity index (χ3n) is 5.08. The number of rotatable bonds is 8. The molecular formula is C25H35ClN2O. The van der Waals surface area contributed by atoms with Gasteiger partial charge in [-0.15, -0.1) is 0 Å². The zero-order valence-electron chi connectivity index (χ0n) is 18.5. The summed E-state index contributed by atoms with van der Waals surface area (Å²) in [6.45, 7) is 13.6. The maximum Gasteiger partial charge on any atom is 0.159 e. The fourth-order valence-electron chi connectivity index (χ4n) is 3.21. The van der Waals surface area contributed by atoms with Gasteiger partial charge in [-0.3, -0.25) is 9.89 Å². The van der Waals surface area contributed by atoms with E-state index in [0.717, 1.165) is 21.3 Å². The topological polar surface area (TPSA) is 45.8 Å². The Hall–Kier alpha value is -2.13. The van der Waals surface area contributed by atoms with Gasteiger partial charge in [-0.05, 0) is 63.3 Å². The van der Waals surface area contributed by atoms with Crippen molar-refractivity contribution in [1.82, 2.24) is 10.2 Å². The van der Waals surface area contributed by atoms with Gasteiger partial charge in [0, 0.05) is 15.8 Å². The molecule has 1 heterocycles. The largest absolute Gasteiger partial charge is 0.295 e. The summed E-state index contributed by atoms with van der Waals surface area (Å²) in [4.78, 5) is 11.2. The van der Waals surface area contributed by atoms with Crippen LogP contribution < -0.4 is 10.6 Å². The minimum atomic E-state index is 0.0486. The number of allylic oxidation sites excluding steroid dienone is 2. The van der Waals surface area contributed by atoms with Crippen LogP contribution in [-0.4, -0.2) is 16.0 Å². The highest BCUT2D eigenvalue weighted by Crippen LogP contribution is 2.26. The second-order valence-corrected chi connectivity index (χ2v) is 7.73. The number of unbranched alkanes of at least 4 members (excludes halogenated alkanes) is 2. The lowest BCUT2D eigenvalue weighted by Gasteiger charge is -2.15. The van der Waals surface area contributed by atoms with E-state index in [1.54, 1.807) is 13.0 Å². The molecule has 0 radical (unpaired) electrons. The number of benzene rings is 1. The van der Waals surface area contributed by atoms with Gasteiger partial charge >= 0.3 is 0 Å². The van der Waals surface area contributed by atoms with Gasteiger partial charge in [-0.25, -0.2) is 0 Å². The van der Waals surface area contributed by atoms with E-state index in [-0.39, 0.29) is 5.78 Å². The third kappa shape index (κ3) is 8.41. The highest BCUT2D eigenvalue weighted by atomic mass is 35.5. The summed E-state index contributed by atoms with van der Waals surface area (Å²) in [5.74, 6) is 0.765. The fraction of sp³-hybridized carbons (Fsp3) is 0.440. The molecule has 0 saturated carbocycles. The SMILES string of the molecule is C=c1[nH]nc(C)/c1=C/C(=C\C)C(C)=O.CCCCCC(CC)c1ccc(Cl)cc1. The van der Waals surface area contributed by atoms with Gasteiger partial charge < -0.3 is 0 Å². The zero-order chi connectivity index (χ0) is 21.8. The van der Waals surface area contributed by atoms with Crippen LogP contribution in [0.1, 0.15) is 77.0 Å². The maximum atomic E-state index is 11.2. The molecule has 4 heteroatoms. The van der Waals surface area contributed by atoms with Crippen LogP contribution in [-0.2, 0) is 4.79 Å². The molecule has 1 atom stereocenters. The number of hydrogen-bond donors (Lipinski definition) is 1. The summed E-state index contributed by atoms with van der Waals surface area (Å²) in [6, 6.07) is 8.34. The molecule has 0 amide bonds. The number of halogens is 1. The van der Waals surface area contributed by atoms with Crippen molar-refractivity contribution in [2.24, 2.45) is 0 Å². The molecule has 0 aliphatic heterocycles. The van der Waals surface area contributed by atoms with Gasteiger partial charge in [0.2, 0.25) is 0 Å². The predicted molar refractivity (Wildman–Crippen MR) is 126 cm³/mol. The molecule has 0 saturated heterocycles. The minimum absolute atomic E-state index is 0.0486. The lowest BCUT2D eigenvalue weighted by Crippen LogP contribution is -2.23. The molecule has 158 valence electrons. The van der Waals surface area contributed by atoms with Gasteiger partial charge in [0.25, 0.3) is 0 Å². The number of hydrogen-bond acceptors (Lipinski definition) is 2. The average Bonchev–Trinajstić information content (AvgIpc) is 3.02. The number of aromatic nitrogens is 2. The normalized spacial score (nSPS) is 13.0. The van der Waals surface area contributed by atoms with Crippen molar-refractivity contribution in [2.75, 3.05) is 0 Å². The first-order valence-corrected chi connectivity index (χ1v) is 10.9. The van der Waals surface area contributed by atoms with Crippen molar-refractivity contribution >= 4 is 30.0 Å². The summed E-state index contributed by atoms with van der Waals surface area (Å²) < 4.78 is 0. The van der Waals surface area contributed by atoms with E-state index in [0.29, 0.717) is 11.5 Å². The molecule has 0 aliphatic rings. The van der Waals surface area contributed by atoms with Crippen LogP contribution in [0.2, 0.25) is 5.02 Å². The van der Waals surface area contributed by atoms with Gasteiger partial charge in [-0.2, -0.15) is 5.10 Å². The summed E-state index contributed by atoms with van der Waals surface area (Å²) in [5.41, 5.74) is 2.98. The lowest BCUT2D eigenvalue weighted by atomic mass is 9.91. The Bertz CT molecular complexity index is 894. The molecular weight excluding hydrogens is 380 g/mol. The van der Waals surface area contributed by atoms with Crippen LogP contribution in [0.5, 0.6) is 0 Å². The predicted octanol–water partition coefficient (Wildman–Crippen LogP) is 5.86. The van der Waals surface area contributed by atoms with Gasteiger partial charge in [-0.1, -0.05) is 69.5 Å². The molecule has 1 N–H and O–H groups in total. The second kappa shape index (κ2) is 13.2. The van der Waals surface area contributed by atoms with Crippen LogP contribution in [0.4, 0.5) is 0 Å². The molecule has 1 unspecified atom stereocenters. The van der Waals surface area contributed by atoms with Crippen LogP contribution in [0.15, 0.2) is 35.9 Å². The van der Waals surface area contributed by atoms with E-state index in [1.807, 2.05) is 32.1 Å². The van der Waals surface area contributed by atoms with Crippen molar-refractivity contribution in [3.8, 4) is 0 Å². The van der Waals surface area contributed by atoms with E-state index in [2.05, 4.69) is 42.8 Å². The molecule has 3 nitrogen and oxygen atoms in total. The average molecular weight is 415 g/mol. The number of aryl methyl sites for hydroxylation is 1. The highest BCUT2D eigenvalue weighted by Gasteiger charge is 2.08. The Morgan fingerprint density at radius 2 is 1.90 bits per heavy atom. The minimum Gasteiger partial charge on any atom is -0.295 e. The first-order chi connectivity index (χ1) is 13.8. The number of H-pyrrole nitrogens is 1. The molecule has 0 spiro atoms. The lowest BCUT2D eigenvalue weighted by molar-refractivity contribution is -0.113. The number of Topliss-reactive ketones (excluding diaryl/α,β-unsaturated/α-hetero) is 1. The first kappa shape index (κ1) is 24.9. The fourth-order valence-corrected chi connectivity index (χ4v) is 3.33. The number of nitrogens with zero attached hydrogens (tertiary/aromatic N) is 1.